The maximum Gasteiger partial charge on any atom is 0.254 e. The predicted octanol–water partition coefficient (Wildman–Crippen LogP) is 5.76. The van der Waals surface area contributed by atoms with Gasteiger partial charge in [0.2, 0.25) is 5.91 Å². The fraction of sp³-hybridized carbons (Fsp3) is 0.176. The van der Waals surface area contributed by atoms with Crippen LogP contribution in [-0.2, 0) is 4.79 Å². The van der Waals surface area contributed by atoms with Crippen LogP contribution in [0.25, 0.3) is 26.3 Å². The summed E-state index contributed by atoms with van der Waals surface area (Å²) in [4.78, 5) is 44.8. The lowest BCUT2D eigenvalue weighted by molar-refractivity contribution is -0.111. The van der Waals surface area contributed by atoms with E-state index in [-0.39, 0.29) is 11.8 Å². The molecule has 47 heavy (non-hydrogen) atoms. The molecule has 13 heteroatoms. The molecule has 2 aromatic carbocycles. The summed E-state index contributed by atoms with van der Waals surface area (Å²) in [6.45, 7) is 8.45. The van der Waals surface area contributed by atoms with Gasteiger partial charge in [0.1, 0.15) is 34.8 Å². The van der Waals surface area contributed by atoms with E-state index in [4.69, 9.17) is 4.74 Å². The molecule has 1 fully saturated rings. The van der Waals surface area contributed by atoms with Crippen LogP contribution in [0.2, 0.25) is 0 Å². The molecule has 0 atom stereocenters. The number of aromatic nitrogens is 5. The average molecular weight is 646 g/mol. The zero-order chi connectivity index (χ0) is 32.5. The van der Waals surface area contributed by atoms with Crippen molar-refractivity contribution in [3.8, 4) is 21.9 Å². The van der Waals surface area contributed by atoms with Crippen LogP contribution in [0.1, 0.15) is 15.9 Å². The average Bonchev–Trinajstić information content (AvgIpc) is 3.74. The molecular formula is C34H31N9O3S. The van der Waals surface area contributed by atoms with Crippen LogP contribution in [0, 0.1) is 6.92 Å². The summed E-state index contributed by atoms with van der Waals surface area (Å²) in [5.41, 5.74) is 4.29. The number of piperazine rings is 1. The molecule has 1 aliphatic heterocycles. The number of anilines is 3. The lowest BCUT2D eigenvalue weighted by Gasteiger charge is -2.32. The van der Waals surface area contributed by atoms with Gasteiger partial charge in [-0.05, 0) is 79.7 Å². The van der Waals surface area contributed by atoms with Gasteiger partial charge in [-0.1, -0.05) is 6.58 Å². The number of nitrogens with zero attached hydrogens (tertiary/aromatic N) is 7. The van der Waals surface area contributed by atoms with E-state index in [1.165, 1.54) is 30.1 Å². The minimum Gasteiger partial charge on any atom is -0.457 e. The summed E-state index contributed by atoms with van der Waals surface area (Å²) in [7, 11) is 2.05. The first-order valence-electron chi connectivity index (χ1n) is 15.0. The van der Waals surface area contributed by atoms with E-state index in [0.29, 0.717) is 41.6 Å². The van der Waals surface area contributed by atoms with Gasteiger partial charge in [-0.3, -0.25) is 9.59 Å². The number of carbonyl (C=O) groups is 2. The van der Waals surface area contributed by atoms with Crippen molar-refractivity contribution >= 4 is 56.2 Å². The Morgan fingerprint density at radius 1 is 0.957 bits per heavy atom. The minimum atomic E-state index is -0.350. The smallest absolute Gasteiger partial charge is 0.254 e. The number of ether oxygens (including phenoxy) is 1. The maximum absolute atomic E-state index is 13.6. The second-order valence-electron chi connectivity index (χ2n) is 11.3. The first-order valence-corrected chi connectivity index (χ1v) is 15.8. The number of benzene rings is 2. The molecule has 12 nitrogen and oxygen atoms in total. The van der Waals surface area contributed by atoms with Gasteiger partial charge in [-0.2, -0.15) is 5.10 Å². The number of hydrogen-bond acceptors (Lipinski definition) is 10. The van der Waals surface area contributed by atoms with E-state index in [0.717, 1.165) is 50.7 Å². The van der Waals surface area contributed by atoms with Crippen molar-refractivity contribution in [2.24, 2.45) is 0 Å². The second-order valence-corrected chi connectivity index (χ2v) is 12.3. The van der Waals surface area contributed by atoms with Crippen molar-refractivity contribution in [1.82, 2.24) is 34.4 Å². The molecule has 236 valence electrons. The normalized spacial score (nSPS) is 13.5. The van der Waals surface area contributed by atoms with Crippen molar-refractivity contribution in [2.45, 2.75) is 6.92 Å². The van der Waals surface area contributed by atoms with Gasteiger partial charge in [0.05, 0.1) is 5.39 Å². The summed E-state index contributed by atoms with van der Waals surface area (Å²) in [6, 6.07) is 17.0. The highest BCUT2D eigenvalue weighted by Gasteiger charge is 2.22. The molecule has 7 rings (SSSR count). The van der Waals surface area contributed by atoms with Gasteiger partial charge in [0.25, 0.3) is 5.91 Å². The minimum absolute atomic E-state index is 0.0702. The molecule has 5 heterocycles. The quantitative estimate of drug-likeness (QED) is 0.199. The van der Waals surface area contributed by atoms with Crippen LogP contribution in [0.5, 0.6) is 11.5 Å². The first kappa shape index (κ1) is 30.0. The number of carbonyl (C=O) groups excluding carboxylic acids is 2. The number of likely N-dealkylation sites (N-methyl/N-ethyl adjacent to an activating group) is 1. The molecule has 6 aromatic rings. The summed E-state index contributed by atoms with van der Waals surface area (Å²) >= 11 is 1.49. The Labute approximate surface area is 274 Å². The molecule has 2 amide bonds. The standard InChI is InChI=1S/C34H31N9O3S/c1-4-31(44)39-25-15-22(14-23(16-25)34(45)42-11-9-41(3)10-12-42)29-18-27-32(36-19-37-33(27)47-29)40-24-5-6-28(21(2)13-24)46-26-7-8-43-30(17-26)35-20-38-43/h4-8,13-20H,1,9-12H2,2-3H3,(H,39,44)(H,36,37,40). The molecule has 4 aromatic heterocycles. The van der Waals surface area contributed by atoms with E-state index < -0.39 is 0 Å². The monoisotopic (exact) mass is 645 g/mol. The van der Waals surface area contributed by atoms with Gasteiger partial charge in [-0.25, -0.2) is 19.5 Å². The van der Waals surface area contributed by atoms with E-state index in [1.807, 2.05) is 67.4 Å². The summed E-state index contributed by atoms with van der Waals surface area (Å²) < 4.78 is 7.81. The molecule has 2 N–H and O–H groups in total. The van der Waals surface area contributed by atoms with Crippen LogP contribution in [0.3, 0.4) is 0 Å². The number of hydrogen-bond donors (Lipinski definition) is 2. The Bertz CT molecular complexity index is 2150. The van der Waals surface area contributed by atoms with Gasteiger partial charge in [0, 0.05) is 60.3 Å². The second kappa shape index (κ2) is 12.6. The van der Waals surface area contributed by atoms with E-state index in [9.17, 15) is 9.59 Å². The number of pyridine rings is 1. The number of rotatable bonds is 8. The molecule has 0 aliphatic carbocycles. The van der Waals surface area contributed by atoms with Gasteiger partial charge in [0.15, 0.2) is 5.65 Å². The molecule has 1 aliphatic rings. The highest BCUT2D eigenvalue weighted by Crippen LogP contribution is 2.38. The van der Waals surface area contributed by atoms with E-state index in [1.54, 1.807) is 16.8 Å². The maximum atomic E-state index is 13.6. The number of nitrogens with one attached hydrogen (secondary N) is 2. The zero-order valence-electron chi connectivity index (χ0n) is 25.8. The van der Waals surface area contributed by atoms with Gasteiger partial charge >= 0.3 is 0 Å². The van der Waals surface area contributed by atoms with Crippen molar-refractivity contribution in [1.29, 1.82) is 0 Å². The third kappa shape index (κ3) is 6.39. The third-order valence-corrected chi connectivity index (χ3v) is 9.05. The van der Waals surface area contributed by atoms with Crippen LogP contribution in [0.4, 0.5) is 17.2 Å². The Kier molecular flexibility index (Phi) is 8.06. The SMILES string of the molecule is C=CC(=O)Nc1cc(C(=O)N2CCN(C)CC2)cc(-c2cc3c(Nc4ccc(Oc5ccn6ncnc6c5)c(C)c4)ncnc3s2)c1. The lowest BCUT2D eigenvalue weighted by Crippen LogP contribution is -2.47. The molecule has 0 radical (unpaired) electrons. The van der Waals surface area contributed by atoms with Crippen molar-refractivity contribution in [3.63, 3.8) is 0 Å². The Morgan fingerprint density at radius 3 is 2.62 bits per heavy atom. The van der Waals surface area contributed by atoms with Crippen LogP contribution < -0.4 is 15.4 Å². The molecule has 0 spiro atoms. The highest BCUT2D eigenvalue weighted by atomic mass is 32.1. The fourth-order valence-electron chi connectivity index (χ4n) is 5.41. The predicted molar refractivity (Wildman–Crippen MR) is 183 cm³/mol. The first-order chi connectivity index (χ1) is 22.8. The Balaban J connectivity index is 1.16. The molecule has 1 saturated heterocycles. The molecule has 0 saturated carbocycles. The zero-order valence-corrected chi connectivity index (χ0v) is 26.6. The van der Waals surface area contributed by atoms with Crippen LogP contribution in [0.15, 0.2) is 86.1 Å². The summed E-state index contributed by atoms with van der Waals surface area (Å²) in [5, 5.41) is 11.2. The number of fused-ring (bicyclic) bond motifs is 2. The molecular weight excluding hydrogens is 615 g/mol. The third-order valence-electron chi connectivity index (χ3n) is 7.95. The topological polar surface area (TPSA) is 130 Å². The summed E-state index contributed by atoms with van der Waals surface area (Å²) in [6.07, 6.45) is 6.04. The lowest BCUT2D eigenvalue weighted by atomic mass is 10.1. The number of aryl methyl sites for hydroxylation is 1. The van der Waals surface area contributed by atoms with E-state index in [2.05, 4.69) is 42.2 Å². The van der Waals surface area contributed by atoms with Gasteiger partial charge < -0.3 is 25.2 Å². The van der Waals surface area contributed by atoms with Crippen molar-refractivity contribution < 1.29 is 14.3 Å². The van der Waals surface area contributed by atoms with Gasteiger partial charge in [-0.15, -0.1) is 11.3 Å². The molecule has 0 unspecified atom stereocenters. The summed E-state index contributed by atoms with van der Waals surface area (Å²) in [5.74, 6) is 1.61. The number of amides is 2. The van der Waals surface area contributed by atoms with Crippen LogP contribution >= 0.6 is 11.3 Å². The van der Waals surface area contributed by atoms with Crippen molar-refractivity contribution in [2.75, 3.05) is 43.9 Å². The Morgan fingerprint density at radius 2 is 1.81 bits per heavy atom. The number of thiophene rings is 1. The highest BCUT2D eigenvalue weighted by molar-refractivity contribution is 7.21. The van der Waals surface area contributed by atoms with Crippen LogP contribution in [-0.4, -0.2) is 79.4 Å². The van der Waals surface area contributed by atoms with Crippen molar-refractivity contribution in [3.05, 3.63) is 97.2 Å². The fourth-order valence-corrected chi connectivity index (χ4v) is 6.40. The largest absolute Gasteiger partial charge is 0.457 e. The molecule has 0 bridgehead atoms. The van der Waals surface area contributed by atoms with E-state index >= 15 is 0 Å². The Hall–Kier alpha value is -5.66.